The van der Waals surface area contributed by atoms with Crippen LogP contribution in [0, 0.1) is 11.3 Å². The first-order valence-corrected chi connectivity index (χ1v) is 5.20. The molecule has 1 saturated carbocycles. The van der Waals surface area contributed by atoms with Crippen molar-refractivity contribution in [2.75, 3.05) is 0 Å². The van der Waals surface area contributed by atoms with Gasteiger partial charge >= 0.3 is 0 Å². The van der Waals surface area contributed by atoms with Crippen molar-refractivity contribution in [1.82, 2.24) is 10.1 Å². The van der Waals surface area contributed by atoms with E-state index in [9.17, 15) is 0 Å². The molecule has 0 atom stereocenters. The molecule has 0 saturated heterocycles. The highest BCUT2D eigenvalue weighted by Crippen LogP contribution is 2.38. The first kappa shape index (κ1) is 9.91. The van der Waals surface area contributed by atoms with Crippen LogP contribution >= 0.6 is 0 Å². The third kappa shape index (κ3) is 1.91. The summed E-state index contributed by atoms with van der Waals surface area (Å²) in [5, 5.41) is 12.9. The van der Waals surface area contributed by atoms with Gasteiger partial charge in [0.1, 0.15) is 11.6 Å². The first-order valence-electron chi connectivity index (χ1n) is 5.20. The van der Waals surface area contributed by atoms with Gasteiger partial charge in [0.15, 0.2) is 5.82 Å². The summed E-state index contributed by atoms with van der Waals surface area (Å²) in [6, 6.07) is 2.13. The van der Waals surface area contributed by atoms with Crippen molar-refractivity contribution >= 4 is 5.57 Å². The smallest absolute Gasteiger partial charge is 0.268 e. The van der Waals surface area contributed by atoms with Gasteiger partial charge in [-0.2, -0.15) is 10.2 Å². The molecule has 0 aromatic carbocycles. The molecule has 0 amide bonds. The molecule has 0 unspecified atom stereocenters. The van der Waals surface area contributed by atoms with Crippen LogP contribution in [0.4, 0.5) is 0 Å². The average Bonchev–Trinajstić information content (AvgIpc) is 3.00. The maximum absolute atomic E-state index is 9.01. The van der Waals surface area contributed by atoms with Gasteiger partial charge in [0.2, 0.25) is 0 Å². The Hall–Kier alpha value is -1.63. The number of hydrogen-bond acceptors (Lipinski definition) is 4. The van der Waals surface area contributed by atoms with Crippen LogP contribution in [0.25, 0.3) is 5.57 Å². The molecule has 2 rings (SSSR count). The molecule has 1 aliphatic carbocycles. The van der Waals surface area contributed by atoms with Gasteiger partial charge in [-0.05, 0) is 26.2 Å². The van der Waals surface area contributed by atoms with Crippen LogP contribution in [-0.2, 0) is 0 Å². The fourth-order valence-corrected chi connectivity index (χ4v) is 1.35. The second-order valence-corrected chi connectivity index (χ2v) is 3.85. The van der Waals surface area contributed by atoms with Crippen molar-refractivity contribution in [3.63, 3.8) is 0 Å². The van der Waals surface area contributed by atoms with Crippen molar-refractivity contribution in [2.24, 2.45) is 0 Å². The first-order chi connectivity index (χ1) is 7.26. The summed E-state index contributed by atoms with van der Waals surface area (Å²) in [4.78, 5) is 4.25. The summed E-state index contributed by atoms with van der Waals surface area (Å²) in [5.74, 6) is 1.59. The predicted octanol–water partition coefficient (Wildman–Crippen LogP) is 2.65. The summed E-state index contributed by atoms with van der Waals surface area (Å²) < 4.78 is 5.10. The maximum Gasteiger partial charge on any atom is 0.268 e. The third-order valence-corrected chi connectivity index (χ3v) is 2.67. The van der Waals surface area contributed by atoms with E-state index in [2.05, 4.69) is 16.2 Å². The zero-order valence-electron chi connectivity index (χ0n) is 8.95. The summed E-state index contributed by atoms with van der Waals surface area (Å²) in [7, 11) is 0. The molecule has 0 bridgehead atoms. The molecule has 1 aliphatic rings. The van der Waals surface area contributed by atoms with Crippen molar-refractivity contribution in [3.05, 3.63) is 17.3 Å². The molecule has 1 heterocycles. The van der Waals surface area contributed by atoms with Gasteiger partial charge in [-0.3, -0.25) is 0 Å². The summed E-state index contributed by atoms with van der Waals surface area (Å²) in [6.07, 6.45) is 3.10. The minimum absolute atomic E-state index is 0.374. The highest BCUT2D eigenvalue weighted by molar-refractivity contribution is 5.74. The van der Waals surface area contributed by atoms with E-state index in [1.54, 1.807) is 0 Å². The van der Waals surface area contributed by atoms with Crippen LogP contribution in [0.5, 0.6) is 0 Å². The van der Waals surface area contributed by atoms with Gasteiger partial charge in [-0.15, -0.1) is 0 Å². The highest BCUT2D eigenvalue weighted by Gasteiger charge is 2.29. The molecule has 0 N–H and O–H groups in total. The molecular weight excluding hydrogens is 190 g/mol. The van der Waals surface area contributed by atoms with E-state index in [0.29, 0.717) is 17.4 Å². The Bertz CT molecular complexity index is 435. The Morgan fingerprint density at radius 2 is 2.33 bits per heavy atom. The maximum atomic E-state index is 9.01. The van der Waals surface area contributed by atoms with E-state index >= 15 is 0 Å². The molecule has 78 valence electrons. The number of nitrogens with zero attached hydrogens (tertiary/aromatic N) is 3. The van der Waals surface area contributed by atoms with Crippen molar-refractivity contribution in [1.29, 1.82) is 5.26 Å². The van der Waals surface area contributed by atoms with Gasteiger partial charge in [0.25, 0.3) is 5.89 Å². The second-order valence-electron chi connectivity index (χ2n) is 3.85. The molecule has 0 aliphatic heterocycles. The topological polar surface area (TPSA) is 62.7 Å². The minimum atomic E-state index is 0.374. The van der Waals surface area contributed by atoms with E-state index in [1.807, 2.05) is 13.8 Å². The quantitative estimate of drug-likeness (QED) is 0.708. The Balaban J connectivity index is 2.31. The minimum Gasteiger partial charge on any atom is -0.333 e. The molecule has 1 aromatic heterocycles. The lowest BCUT2D eigenvalue weighted by Crippen LogP contribution is -1.88. The molecular formula is C11H13N3O. The highest BCUT2D eigenvalue weighted by atomic mass is 16.5. The van der Waals surface area contributed by atoms with Crippen molar-refractivity contribution in [2.45, 2.75) is 39.0 Å². The fraction of sp³-hybridized carbons (Fsp3) is 0.545. The number of nitriles is 1. The van der Waals surface area contributed by atoms with Crippen molar-refractivity contribution in [3.8, 4) is 6.07 Å². The second kappa shape index (κ2) is 3.85. The van der Waals surface area contributed by atoms with Crippen LogP contribution in [0.3, 0.4) is 0 Å². The normalized spacial score (nSPS) is 17.1. The van der Waals surface area contributed by atoms with Gasteiger partial charge in [0, 0.05) is 5.92 Å². The lowest BCUT2D eigenvalue weighted by atomic mass is 10.1. The van der Waals surface area contributed by atoms with Crippen LogP contribution in [0.15, 0.2) is 10.1 Å². The SMILES string of the molecule is CC/C(C)=C(\C#N)c1nc(C2CC2)no1. The summed E-state index contributed by atoms with van der Waals surface area (Å²) in [5.41, 5.74) is 1.51. The number of allylic oxidation sites excluding steroid dienone is 2. The van der Waals surface area contributed by atoms with Gasteiger partial charge in [-0.1, -0.05) is 17.7 Å². The number of aromatic nitrogens is 2. The molecule has 4 nitrogen and oxygen atoms in total. The molecule has 0 radical (unpaired) electrons. The molecule has 1 aromatic rings. The zero-order chi connectivity index (χ0) is 10.8. The van der Waals surface area contributed by atoms with Crippen LogP contribution < -0.4 is 0 Å². The van der Waals surface area contributed by atoms with Crippen molar-refractivity contribution < 1.29 is 4.52 Å². The Kier molecular flexibility index (Phi) is 2.55. The van der Waals surface area contributed by atoms with E-state index < -0.39 is 0 Å². The predicted molar refractivity (Wildman–Crippen MR) is 54.8 cm³/mol. The largest absolute Gasteiger partial charge is 0.333 e. The van der Waals surface area contributed by atoms with E-state index in [0.717, 1.165) is 30.7 Å². The standard InChI is InChI=1S/C11H13N3O/c1-3-7(2)9(6-12)11-13-10(14-15-11)8-4-5-8/h8H,3-5H2,1-2H3/b9-7+. The summed E-state index contributed by atoms with van der Waals surface area (Å²) in [6.45, 7) is 3.92. The van der Waals surface area contributed by atoms with E-state index in [-0.39, 0.29) is 0 Å². The van der Waals surface area contributed by atoms with Gasteiger partial charge in [0.05, 0.1) is 0 Å². The zero-order valence-corrected chi connectivity index (χ0v) is 8.95. The molecule has 1 fully saturated rings. The Morgan fingerprint density at radius 3 is 2.87 bits per heavy atom. The number of rotatable bonds is 3. The number of hydrogen-bond donors (Lipinski definition) is 0. The molecule has 0 spiro atoms. The van der Waals surface area contributed by atoms with Gasteiger partial charge < -0.3 is 4.52 Å². The Labute approximate surface area is 88.6 Å². The Morgan fingerprint density at radius 1 is 1.60 bits per heavy atom. The summed E-state index contributed by atoms with van der Waals surface area (Å²) >= 11 is 0. The van der Waals surface area contributed by atoms with Gasteiger partial charge in [-0.25, -0.2) is 0 Å². The van der Waals surface area contributed by atoms with E-state index in [4.69, 9.17) is 9.78 Å². The fourth-order valence-electron chi connectivity index (χ4n) is 1.35. The third-order valence-electron chi connectivity index (χ3n) is 2.67. The lowest BCUT2D eigenvalue weighted by Gasteiger charge is -1.95. The lowest BCUT2D eigenvalue weighted by molar-refractivity contribution is 0.401. The average molecular weight is 203 g/mol. The van der Waals surface area contributed by atoms with Crippen LogP contribution in [-0.4, -0.2) is 10.1 Å². The van der Waals surface area contributed by atoms with Crippen LogP contribution in [0.1, 0.15) is 50.7 Å². The van der Waals surface area contributed by atoms with E-state index in [1.165, 1.54) is 0 Å². The monoisotopic (exact) mass is 203 g/mol. The molecule has 4 heteroatoms. The molecule has 15 heavy (non-hydrogen) atoms. The van der Waals surface area contributed by atoms with Crippen LogP contribution in [0.2, 0.25) is 0 Å².